The van der Waals surface area contributed by atoms with Crippen LogP contribution in [-0.4, -0.2) is 10.9 Å². The van der Waals surface area contributed by atoms with Gasteiger partial charge in [-0.2, -0.15) is 0 Å². The minimum atomic E-state index is -0.944. The first-order chi connectivity index (χ1) is 12.9. The summed E-state index contributed by atoms with van der Waals surface area (Å²) in [5.74, 6) is -1.16. The van der Waals surface area contributed by atoms with Gasteiger partial charge in [-0.3, -0.25) is 4.79 Å². The highest BCUT2D eigenvalue weighted by atomic mass is 35.5. The van der Waals surface area contributed by atoms with Crippen molar-refractivity contribution >= 4 is 17.5 Å². The van der Waals surface area contributed by atoms with Crippen molar-refractivity contribution in [3.63, 3.8) is 0 Å². The molecule has 1 N–H and O–H groups in total. The number of oxazole rings is 1. The van der Waals surface area contributed by atoms with E-state index in [1.54, 1.807) is 19.2 Å². The maximum absolute atomic E-state index is 13.3. The molecule has 2 aromatic carbocycles. The van der Waals surface area contributed by atoms with E-state index in [0.717, 1.165) is 17.7 Å². The van der Waals surface area contributed by atoms with Crippen molar-refractivity contribution in [3.05, 3.63) is 76.8 Å². The Hall–Kier alpha value is -2.73. The second kappa shape index (κ2) is 8.31. The van der Waals surface area contributed by atoms with Crippen LogP contribution >= 0.6 is 11.6 Å². The van der Waals surface area contributed by atoms with Crippen LogP contribution in [0.1, 0.15) is 30.8 Å². The molecule has 140 valence electrons. The number of aromatic nitrogens is 1. The van der Waals surface area contributed by atoms with E-state index in [9.17, 15) is 13.6 Å². The van der Waals surface area contributed by atoms with Crippen LogP contribution in [0.4, 0.5) is 8.78 Å². The molecule has 0 saturated heterocycles. The molecule has 0 aliphatic carbocycles. The quantitative estimate of drug-likeness (QED) is 0.638. The van der Waals surface area contributed by atoms with Crippen LogP contribution in [-0.2, 0) is 11.2 Å². The Morgan fingerprint density at radius 3 is 2.74 bits per heavy atom. The molecule has 7 heteroatoms. The van der Waals surface area contributed by atoms with Crippen molar-refractivity contribution in [2.75, 3.05) is 0 Å². The molecule has 27 heavy (non-hydrogen) atoms. The van der Waals surface area contributed by atoms with E-state index in [0.29, 0.717) is 28.7 Å². The van der Waals surface area contributed by atoms with Crippen molar-refractivity contribution in [1.29, 1.82) is 0 Å². The molecule has 4 nitrogen and oxygen atoms in total. The fourth-order valence-electron chi connectivity index (χ4n) is 2.61. The van der Waals surface area contributed by atoms with Gasteiger partial charge in [0.25, 0.3) is 0 Å². The third-order valence-electron chi connectivity index (χ3n) is 4.08. The van der Waals surface area contributed by atoms with Gasteiger partial charge < -0.3 is 9.73 Å². The Labute approximate surface area is 160 Å². The third-order valence-corrected chi connectivity index (χ3v) is 4.41. The van der Waals surface area contributed by atoms with E-state index < -0.39 is 17.7 Å². The zero-order valence-electron chi connectivity index (χ0n) is 14.5. The standard InChI is InChI=1S/C20H17ClF2N2O2/c1-12(13-6-7-16(22)17(23)10-13)25-19(26)8-9-20-24-11-18(27-20)14-4-2-3-5-15(14)21/h2-7,10-12H,8-9H2,1H3,(H,25,26). The summed E-state index contributed by atoms with van der Waals surface area (Å²) >= 11 is 6.13. The maximum atomic E-state index is 13.3. The van der Waals surface area contributed by atoms with Crippen LogP contribution in [0.15, 0.2) is 53.1 Å². The van der Waals surface area contributed by atoms with Gasteiger partial charge in [-0.05, 0) is 36.8 Å². The van der Waals surface area contributed by atoms with Gasteiger partial charge >= 0.3 is 0 Å². The second-order valence-electron chi connectivity index (χ2n) is 6.06. The summed E-state index contributed by atoms with van der Waals surface area (Å²) in [4.78, 5) is 16.3. The highest BCUT2D eigenvalue weighted by molar-refractivity contribution is 6.33. The molecule has 0 aliphatic heterocycles. The molecule has 0 radical (unpaired) electrons. The summed E-state index contributed by atoms with van der Waals surface area (Å²) < 4.78 is 31.9. The number of nitrogens with zero attached hydrogens (tertiary/aromatic N) is 1. The summed E-state index contributed by atoms with van der Waals surface area (Å²) in [5, 5.41) is 3.30. The van der Waals surface area contributed by atoms with E-state index in [4.69, 9.17) is 16.0 Å². The van der Waals surface area contributed by atoms with Gasteiger partial charge in [0.15, 0.2) is 23.3 Å². The second-order valence-corrected chi connectivity index (χ2v) is 6.47. The minimum absolute atomic E-state index is 0.149. The van der Waals surface area contributed by atoms with E-state index >= 15 is 0 Å². The normalized spacial score (nSPS) is 12.0. The molecular weight excluding hydrogens is 374 g/mol. The fourth-order valence-corrected chi connectivity index (χ4v) is 2.84. The lowest BCUT2D eigenvalue weighted by atomic mass is 10.1. The third kappa shape index (κ3) is 4.71. The molecule has 1 amide bonds. The number of amides is 1. The van der Waals surface area contributed by atoms with E-state index in [2.05, 4.69) is 10.3 Å². The van der Waals surface area contributed by atoms with E-state index in [1.807, 2.05) is 18.2 Å². The number of carbonyl (C=O) groups is 1. The van der Waals surface area contributed by atoms with Gasteiger partial charge in [-0.1, -0.05) is 29.8 Å². The van der Waals surface area contributed by atoms with Crippen LogP contribution in [0.5, 0.6) is 0 Å². The molecule has 1 aromatic heterocycles. The summed E-state index contributed by atoms with van der Waals surface area (Å²) in [5.41, 5.74) is 1.22. The Bertz CT molecular complexity index is 959. The van der Waals surface area contributed by atoms with E-state index in [1.165, 1.54) is 6.07 Å². The van der Waals surface area contributed by atoms with Crippen molar-refractivity contribution in [2.24, 2.45) is 0 Å². The predicted molar refractivity (Wildman–Crippen MR) is 98.2 cm³/mol. The highest BCUT2D eigenvalue weighted by Gasteiger charge is 2.14. The Balaban J connectivity index is 1.56. The highest BCUT2D eigenvalue weighted by Crippen LogP contribution is 2.28. The first kappa shape index (κ1) is 19.0. The number of aryl methyl sites for hydroxylation is 1. The topological polar surface area (TPSA) is 55.1 Å². The summed E-state index contributed by atoms with van der Waals surface area (Å²) in [6.07, 6.45) is 2.02. The maximum Gasteiger partial charge on any atom is 0.220 e. The zero-order valence-corrected chi connectivity index (χ0v) is 15.3. The molecule has 1 heterocycles. The fraction of sp³-hybridized carbons (Fsp3) is 0.200. The summed E-state index contributed by atoms with van der Waals surface area (Å²) in [7, 11) is 0. The van der Waals surface area contributed by atoms with Gasteiger partial charge in [0.05, 0.1) is 17.3 Å². The van der Waals surface area contributed by atoms with Gasteiger partial charge in [0.2, 0.25) is 5.91 Å². The van der Waals surface area contributed by atoms with Crippen molar-refractivity contribution in [2.45, 2.75) is 25.8 Å². The largest absolute Gasteiger partial charge is 0.441 e. The molecule has 1 unspecified atom stereocenters. The first-order valence-electron chi connectivity index (χ1n) is 8.38. The first-order valence-corrected chi connectivity index (χ1v) is 8.75. The molecule has 0 spiro atoms. The Morgan fingerprint density at radius 1 is 1.22 bits per heavy atom. The molecular formula is C20H17ClF2N2O2. The van der Waals surface area contributed by atoms with Gasteiger partial charge in [0, 0.05) is 18.4 Å². The minimum Gasteiger partial charge on any atom is -0.441 e. The molecule has 0 aliphatic rings. The number of hydrogen-bond acceptors (Lipinski definition) is 3. The zero-order chi connectivity index (χ0) is 19.4. The van der Waals surface area contributed by atoms with Gasteiger partial charge in [-0.15, -0.1) is 0 Å². The smallest absolute Gasteiger partial charge is 0.220 e. The van der Waals surface area contributed by atoms with Crippen molar-refractivity contribution in [1.82, 2.24) is 10.3 Å². The predicted octanol–water partition coefficient (Wildman–Crippen LogP) is 5.08. The number of rotatable bonds is 6. The lowest BCUT2D eigenvalue weighted by Crippen LogP contribution is -2.27. The monoisotopic (exact) mass is 390 g/mol. The lowest BCUT2D eigenvalue weighted by molar-refractivity contribution is -0.121. The van der Waals surface area contributed by atoms with Crippen LogP contribution in [0.2, 0.25) is 5.02 Å². The molecule has 3 rings (SSSR count). The molecule has 0 saturated carbocycles. The lowest BCUT2D eigenvalue weighted by Gasteiger charge is -2.14. The SMILES string of the molecule is CC(NC(=O)CCc1ncc(-c2ccccc2Cl)o1)c1ccc(F)c(F)c1. The number of hydrogen-bond donors (Lipinski definition) is 1. The summed E-state index contributed by atoms with van der Waals surface area (Å²) in [6, 6.07) is 10.3. The molecule has 3 aromatic rings. The van der Waals surface area contributed by atoms with Gasteiger partial charge in [-0.25, -0.2) is 13.8 Å². The number of nitrogens with one attached hydrogen (secondary N) is 1. The molecule has 0 bridgehead atoms. The van der Waals surface area contributed by atoms with Crippen LogP contribution in [0.3, 0.4) is 0 Å². The Morgan fingerprint density at radius 2 is 2.00 bits per heavy atom. The summed E-state index contributed by atoms with van der Waals surface area (Å²) in [6.45, 7) is 1.70. The number of halogens is 3. The van der Waals surface area contributed by atoms with Crippen LogP contribution in [0.25, 0.3) is 11.3 Å². The Kier molecular flexibility index (Phi) is 5.86. The van der Waals surface area contributed by atoms with Gasteiger partial charge in [0.1, 0.15) is 0 Å². The average Bonchev–Trinajstić information content (AvgIpc) is 3.11. The van der Waals surface area contributed by atoms with E-state index in [-0.39, 0.29) is 12.3 Å². The number of carbonyl (C=O) groups excluding carboxylic acids is 1. The molecule has 1 atom stereocenters. The van der Waals surface area contributed by atoms with Crippen LogP contribution in [0, 0.1) is 11.6 Å². The number of benzene rings is 2. The van der Waals surface area contributed by atoms with Crippen molar-refractivity contribution < 1.29 is 18.0 Å². The van der Waals surface area contributed by atoms with Crippen LogP contribution < -0.4 is 5.32 Å². The average molecular weight is 391 g/mol. The van der Waals surface area contributed by atoms with Crippen molar-refractivity contribution in [3.8, 4) is 11.3 Å². The molecule has 0 fully saturated rings.